The van der Waals surface area contributed by atoms with Gasteiger partial charge >= 0.3 is 0 Å². The number of nitrogens with zero attached hydrogens (tertiary/aromatic N) is 4. The Labute approximate surface area is 139 Å². The summed E-state index contributed by atoms with van der Waals surface area (Å²) < 4.78 is 6.63. The Morgan fingerprint density at radius 1 is 1.52 bits per heavy atom. The van der Waals surface area contributed by atoms with Crippen LogP contribution in [0.5, 0.6) is 0 Å². The van der Waals surface area contributed by atoms with E-state index < -0.39 is 0 Å². The van der Waals surface area contributed by atoms with Gasteiger partial charge in [-0.15, -0.1) is 0 Å². The van der Waals surface area contributed by atoms with Gasteiger partial charge in [-0.2, -0.15) is 5.10 Å². The number of anilines is 1. The van der Waals surface area contributed by atoms with E-state index in [0.29, 0.717) is 23.3 Å². The van der Waals surface area contributed by atoms with Gasteiger partial charge in [-0.05, 0) is 33.2 Å². The highest BCUT2D eigenvalue weighted by molar-refractivity contribution is 6.30. The number of rotatable bonds is 4. The summed E-state index contributed by atoms with van der Waals surface area (Å²) in [5, 5.41) is 11.6. The second kappa shape index (κ2) is 6.33. The minimum atomic E-state index is -0.108. The standard InChI is InChI=1S/C15H20ClN5O2/c1-9-7-12(19-23-9)17-13(22)8-21-6-4-5-11(21)14-10(2)18-20(3)15(14)16/h7,11H,4-6,8H2,1-3H3,(H,17,19,22)/t11-/m0/s1. The van der Waals surface area contributed by atoms with Crippen LogP contribution in [0.3, 0.4) is 0 Å². The SMILES string of the molecule is Cc1cc(NC(=O)CN2CCC[C@H]2c2c(C)nn(C)c2Cl)no1. The molecule has 8 heteroatoms. The predicted octanol–water partition coefficient (Wildman–Crippen LogP) is 2.45. The minimum Gasteiger partial charge on any atom is -0.360 e. The van der Waals surface area contributed by atoms with Crippen molar-refractivity contribution in [3.05, 3.63) is 28.2 Å². The van der Waals surface area contributed by atoms with Gasteiger partial charge in [0.1, 0.15) is 10.9 Å². The quantitative estimate of drug-likeness (QED) is 0.927. The first-order valence-electron chi connectivity index (χ1n) is 7.62. The molecule has 1 fully saturated rings. The van der Waals surface area contributed by atoms with Crippen LogP contribution in [0.2, 0.25) is 5.15 Å². The maximum absolute atomic E-state index is 12.2. The van der Waals surface area contributed by atoms with E-state index in [1.54, 1.807) is 17.7 Å². The Balaban J connectivity index is 1.70. The monoisotopic (exact) mass is 337 g/mol. The van der Waals surface area contributed by atoms with Gasteiger partial charge in [-0.1, -0.05) is 16.8 Å². The van der Waals surface area contributed by atoms with Crippen molar-refractivity contribution in [2.24, 2.45) is 7.05 Å². The molecular weight excluding hydrogens is 318 g/mol. The Morgan fingerprint density at radius 2 is 2.30 bits per heavy atom. The van der Waals surface area contributed by atoms with E-state index in [9.17, 15) is 4.79 Å². The molecular formula is C15H20ClN5O2. The van der Waals surface area contributed by atoms with Crippen LogP contribution >= 0.6 is 11.6 Å². The Hall–Kier alpha value is -1.86. The molecule has 7 nitrogen and oxygen atoms in total. The lowest BCUT2D eigenvalue weighted by Crippen LogP contribution is -2.33. The molecule has 1 saturated heterocycles. The first-order chi connectivity index (χ1) is 11.0. The van der Waals surface area contributed by atoms with Crippen LogP contribution in [0, 0.1) is 13.8 Å². The van der Waals surface area contributed by atoms with Crippen molar-refractivity contribution >= 4 is 23.3 Å². The van der Waals surface area contributed by atoms with E-state index in [4.69, 9.17) is 16.1 Å². The lowest BCUT2D eigenvalue weighted by molar-refractivity contribution is -0.117. The van der Waals surface area contributed by atoms with Crippen LogP contribution in [-0.4, -0.2) is 38.8 Å². The van der Waals surface area contributed by atoms with Gasteiger partial charge in [0.2, 0.25) is 5.91 Å². The number of likely N-dealkylation sites (tertiary alicyclic amines) is 1. The zero-order valence-electron chi connectivity index (χ0n) is 13.5. The van der Waals surface area contributed by atoms with Crippen molar-refractivity contribution in [3.8, 4) is 0 Å². The fourth-order valence-electron chi connectivity index (χ4n) is 3.16. The molecule has 2 aromatic rings. The Kier molecular flexibility index (Phi) is 4.41. The van der Waals surface area contributed by atoms with Gasteiger partial charge in [0.15, 0.2) is 5.82 Å². The van der Waals surface area contributed by atoms with Crippen molar-refractivity contribution in [1.82, 2.24) is 19.8 Å². The topological polar surface area (TPSA) is 76.2 Å². The number of carbonyl (C=O) groups is 1. The Bertz CT molecular complexity index is 724. The summed E-state index contributed by atoms with van der Waals surface area (Å²) in [6.45, 7) is 4.89. The summed E-state index contributed by atoms with van der Waals surface area (Å²) in [6.07, 6.45) is 2.01. The first kappa shape index (κ1) is 16.0. The molecule has 124 valence electrons. The number of nitrogens with one attached hydrogen (secondary N) is 1. The van der Waals surface area contributed by atoms with E-state index in [1.807, 2.05) is 14.0 Å². The van der Waals surface area contributed by atoms with Crippen LogP contribution in [0.4, 0.5) is 5.82 Å². The third-order valence-electron chi connectivity index (χ3n) is 4.14. The van der Waals surface area contributed by atoms with Gasteiger partial charge in [-0.25, -0.2) is 0 Å². The largest absolute Gasteiger partial charge is 0.360 e. The van der Waals surface area contributed by atoms with Crippen LogP contribution in [0.15, 0.2) is 10.6 Å². The zero-order chi connectivity index (χ0) is 16.6. The summed E-state index contributed by atoms with van der Waals surface area (Å²) in [7, 11) is 1.83. The second-order valence-corrected chi connectivity index (χ2v) is 6.27. The molecule has 1 atom stereocenters. The molecule has 23 heavy (non-hydrogen) atoms. The van der Waals surface area contributed by atoms with Crippen LogP contribution in [-0.2, 0) is 11.8 Å². The molecule has 3 heterocycles. The molecule has 2 aromatic heterocycles. The highest BCUT2D eigenvalue weighted by Crippen LogP contribution is 2.37. The zero-order valence-corrected chi connectivity index (χ0v) is 14.2. The molecule has 0 aliphatic carbocycles. The number of hydrogen-bond acceptors (Lipinski definition) is 5. The van der Waals surface area contributed by atoms with Crippen LogP contribution in [0.1, 0.15) is 35.9 Å². The van der Waals surface area contributed by atoms with Gasteiger partial charge in [0, 0.05) is 24.7 Å². The van der Waals surface area contributed by atoms with Crippen molar-refractivity contribution in [1.29, 1.82) is 0 Å². The smallest absolute Gasteiger partial charge is 0.239 e. The average molecular weight is 338 g/mol. The molecule has 0 aromatic carbocycles. The third-order valence-corrected chi connectivity index (χ3v) is 4.58. The third kappa shape index (κ3) is 3.25. The number of carbonyl (C=O) groups excluding carboxylic acids is 1. The molecule has 0 bridgehead atoms. The van der Waals surface area contributed by atoms with E-state index in [-0.39, 0.29) is 11.9 Å². The summed E-state index contributed by atoms with van der Waals surface area (Å²) in [4.78, 5) is 14.4. The molecule has 1 amide bonds. The number of aryl methyl sites for hydroxylation is 3. The average Bonchev–Trinajstić information content (AvgIpc) is 3.14. The van der Waals surface area contributed by atoms with E-state index in [2.05, 4.69) is 20.5 Å². The van der Waals surface area contributed by atoms with E-state index in [0.717, 1.165) is 30.6 Å². The summed E-state index contributed by atoms with van der Waals surface area (Å²) in [6, 6.07) is 1.82. The fourth-order valence-corrected chi connectivity index (χ4v) is 3.46. The molecule has 0 radical (unpaired) electrons. The number of hydrogen-bond donors (Lipinski definition) is 1. The normalized spacial score (nSPS) is 18.5. The molecule has 0 saturated carbocycles. The molecule has 1 aliphatic rings. The summed E-state index contributed by atoms with van der Waals surface area (Å²) in [5.41, 5.74) is 1.94. The molecule has 1 aliphatic heterocycles. The van der Waals surface area contributed by atoms with Crippen molar-refractivity contribution in [2.45, 2.75) is 32.7 Å². The highest BCUT2D eigenvalue weighted by Gasteiger charge is 2.32. The molecule has 3 rings (SSSR count). The van der Waals surface area contributed by atoms with Gasteiger partial charge in [0.05, 0.1) is 12.2 Å². The van der Waals surface area contributed by atoms with Gasteiger partial charge in [0.25, 0.3) is 0 Å². The minimum absolute atomic E-state index is 0.108. The Morgan fingerprint density at radius 3 is 2.91 bits per heavy atom. The fraction of sp³-hybridized carbons (Fsp3) is 0.533. The lowest BCUT2D eigenvalue weighted by Gasteiger charge is -2.23. The predicted molar refractivity (Wildman–Crippen MR) is 86.4 cm³/mol. The summed E-state index contributed by atoms with van der Waals surface area (Å²) >= 11 is 6.38. The van der Waals surface area contributed by atoms with Gasteiger partial charge in [-0.3, -0.25) is 14.4 Å². The second-order valence-electron chi connectivity index (χ2n) is 5.91. The number of aromatic nitrogens is 3. The highest BCUT2D eigenvalue weighted by atomic mass is 35.5. The first-order valence-corrected chi connectivity index (χ1v) is 7.99. The lowest BCUT2D eigenvalue weighted by atomic mass is 10.1. The van der Waals surface area contributed by atoms with Crippen molar-refractivity contribution in [3.63, 3.8) is 0 Å². The maximum Gasteiger partial charge on any atom is 0.239 e. The van der Waals surface area contributed by atoms with Crippen molar-refractivity contribution < 1.29 is 9.32 Å². The van der Waals surface area contributed by atoms with Crippen molar-refractivity contribution in [2.75, 3.05) is 18.4 Å². The maximum atomic E-state index is 12.2. The number of halogens is 1. The van der Waals surface area contributed by atoms with Gasteiger partial charge < -0.3 is 9.84 Å². The molecule has 0 spiro atoms. The molecule has 0 unspecified atom stereocenters. The van der Waals surface area contributed by atoms with Crippen LogP contribution < -0.4 is 5.32 Å². The molecule has 1 N–H and O–H groups in total. The number of amides is 1. The van der Waals surface area contributed by atoms with Crippen LogP contribution in [0.25, 0.3) is 0 Å². The summed E-state index contributed by atoms with van der Waals surface area (Å²) in [5.74, 6) is 0.999. The van der Waals surface area contributed by atoms with E-state index in [1.165, 1.54) is 0 Å². The van der Waals surface area contributed by atoms with E-state index >= 15 is 0 Å².